The average molecular weight is 429 g/mol. The number of esters is 1. The molecule has 1 aliphatic heterocycles. The van der Waals surface area contributed by atoms with Crippen molar-refractivity contribution in [2.24, 2.45) is 52.8 Å². The number of ether oxygens (including phenoxy) is 1. The van der Waals surface area contributed by atoms with Crippen molar-refractivity contribution >= 4 is 17.5 Å². The SMILES string of the molecule is CC12CC3CC(C1)C(=O)C(C3)C2.CC1CCC(=O)CC1.C[C@H]1C2CC3OC(=O)C1C3C2. The maximum absolute atomic E-state index is 11.7. The van der Waals surface area contributed by atoms with Crippen molar-refractivity contribution in [3.63, 3.8) is 0 Å². The van der Waals surface area contributed by atoms with Crippen LogP contribution < -0.4 is 0 Å². The molecule has 0 aromatic rings. The Morgan fingerprint density at radius 1 is 0.871 bits per heavy atom. The molecule has 1 saturated heterocycles. The topological polar surface area (TPSA) is 60.4 Å². The van der Waals surface area contributed by atoms with Gasteiger partial charge in [-0.15, -0.1) is 0 Å². The van der Waals surface area contributed by atoms with Gasteiger partial charge in [-0.25, -0.2) is 0 Å². The van der Waals surface area contributed by atoms with Gasteiger partial charge in [-0.05, 0) is 86.9 Å². The number of ketones is 2. The number of rotatable bonds is 0. The zero-order valence-electron chi connectivity index (χ0n) is 19.6. The Bertz CT molecular complexity index is 726. The quantitative estimate of drug-likeness (QED) is 0.487. The minimum atomic E-state index is 0.0903. The van der Waals surface area contributed by atoms with Crippen LogP contribution in [0.5, 0.6) is 0 Å². The largest absolute Gasteiger partial charge is 0.462 e. The van der Waals surface area contributed by atoms with Crippen LogP contribution in [0.1, 0.15) is 91.4 Å². The molecule has 0 amide bonds. The summed E-state index contributed by atoms with van der Waals surface area (Å²) in [5, 5.41) is 0. The van der Waals surface area contributed by atoms with Crippen molar-refractivity contribution in [3.8, 4) is 0 Å². The minimum absolute atomic E-state index is 0.0903. The second kappa shape index (κ2) is 7.99. The fraction of sp³-hybridized carbons (Fsp3) is 0.889. The third-order valence-corrected chi connectivity index (χ3v) is 10.0. The fourth-order valence-electron chi connectivity index (χ4n) is 8.54. The second-order valence-corrected chi connectivity index (χ2v) is 12.5. The van der Waals surface area contributed by atoms with Gasteiger partial charge in [-0.1, -0.05) is 20.8 Å². The molecule has 4 nitrogen and oxygen atoms in total. The predicted molar refractivity (Wildman–Crippen MR) is 118 cm³/mol. The molecule has 0 radical (unpaired) electrons. The summed E-state index contributed by atoms with van der Waals surface area (Å²) in [4.78, 5) is 33.6. The van der Waals surface area contributed by atoms with Gasteiger partial charge in [0, 0.05) is 30.6 Å². The van der Waals surface area contributed by atoms with Crippen LogP contribution in [0.25, 0.3) is 0 Å². The molecular formula is C27H40O4. The summed E-state index contributed by atoms with van der Waals surface area (Å²) in [5.74, 6) is 6.09. The lowest BCUT2D eigenvalue weighted by molar-refractivity contribution is -0.146. The first kappa shape index (κ1) is 21.6. The highest BCUT2D eigenvalue weighted by Gasteiger charge is 2.60. The Labute approximate surface area is 187 Å². The minimum Gasteiger partial charge on any atom is -0.462 e. The summed E-state index contributed by atoms with van der Waals surface area (Å²) >= 11 is 0. The molecule has 4 heteroatoms. The van der Waals surface area contributed by atoms with Crippen LogP contribution in [0.4, 0.5) is 0 Å². The molecule has 7 saturated carbocycles. The Hall–Kier alpha value is -1.19. The van der Waals surface area contributed by atoms with Gasteiger partial charge >= 0.3 is 5.97 Å². The Morgan fingerprint density at radius 3 is 2.03 bits per heavy atom. The van der Waals surface area contributed by atoms with Crippen molar-refractivity contribution in [2.75, 3.05) is 0 Å². The molecule has 0 spiro atoms. The van der Waals surface area contributed by atoms with Gasteiger partial charge in [0.05, 0.1) is 5.92 Å². The van der Waals surface area contributed by atoms with Gasteiger partial charge in [-0.2, -0.15) is 0 Å². The molecule has 1 heterocycles. The Balaban J connectivity index is 0.000000101. The van der Waals surface area contributed by atoms with E-state index < -0.39 is 0 Å². The third-order valence-electron chi connectivity index (χ3n) is 10.0. The molecule has 31 heavy (non-hydrogen) atoms. The number of carbonyl (C=O) groups excluding carboxylic acids is 3. The van der Waals surface area contributed by atoms with Gasteiger partial charge < -0.3 is 4.74 Å². The van der Waals surface area contributed by atoms with E-state index in [1.54, 1.807) is 0 Å². The average Bonchev–Trinajstić information content (AvgIpc) is 3.32. The van der Waals surface area contributed by atoms with Gasteiger partial charge in [0.1, 0.15) is 17.7 Å². The first-order chi connectivity index (χ1) is 14.7. The monoisotopic (exact) mass is 428 g/mol. The molecule has 6 bridgehead atoms. The van der Waals surface area contributed by atoms with E-state index in [1.165, 1.54) is 38.5 Å². The molecule has 0 N–H and O–H groups in total. The van der Waals surface area contributed by atoms with E-state index >= 15 is 0 Å². The van der Waals surface area contributed by atoms with Crippen LogP contribution in [0.2, 0.25) is 0 Å². The van der Waals surface area contributed by atoms with E-state index in [2.05, 4.69) is 20.8 Å². The molecule has 8 aliphatic rings. The molecule has 8 rings (SSSR count). The molecule has 7 aliphatic carbocycles. The summed E-state index contributed by atoms with van der Waals surface area (Å²) in [7, 11) is 0. The number of Topliss-reactive ketones (excluding diaryl/α,β-unsaturated/α-hetero) is 2. The molecule has 0 aromatic heterocycles. The summed E-state index contributed by atoms with van der Waals surface area (Å²) in [6.45, 7) is 6.81. The van der Waals surface area contributed by atoms with Crippen LogP contribution in [-0.4, -0.2) is 23.6 Å². The van der Waals surface area contributed by atoms with Gasteiger partial charge in [0.2, 0.25) is 0 Å². The highest BCUT2D eigenvalue weighted by molar-refractivity contribution is 5.85. The highest BCUT2D eigenvalue weighted by atomic mass is 16.6. The Morgan fingerprint density at radius 2 is 1.52 bits per heavy atom. The summed E-state index contributed by atoms with van der Waals surface area (Å²) in [5.41, 5.74) is 0.560. The van der Waals surface area contributed by atoms with Crippen molar-refractivity contribution in [2.45, 2.75) is 97.5 Å². The first-order valence-electron chi connectivity index (χ1n) is 13.0. The molecule has 6 unspecified atom stereocenters. The van der Waals surface area contributed by atoms with Gasteiger partial charge in [0.15, 0.2) is 0 Å². The van der Waals surface area contributed by atoms with E-state index in [-0.39, 0.29) is 11.9 Å². The maximum atomic E-state index is 11.7. The van der Waals surface area contributed by atoms with E-state index in [0.717, 1.165) is 49.9 Å². The van der Waals surface area contributed by atoms with E-state index in [4.69, 9.17) is 4.74 Å². The highest BCUT2D eigenvalue weighted by Crippen LogP contribution is 2.58. The number of hydrogen-bond donors (Lipinski definition) is 0. The van der Waals surface area contributed by atoms with E-state index in [1.807, 2.05) is 0 Å². The molecule has 8 fully saturated rings. The van der Waals surface area contributed by atoms with Crippen LogP contribution in [0.15, 0.2) is 0 Å². The fourth-order valence-corrected chi connectivity index (χ4v) is 8.54. The van der Waals surface area contributed by atoms with Crippen molar-refractivity contribution in [1.29, 1.82) is 0 Å². The van der Waals surface area contributed by atoms with E-state index in [0.29, 0.717) is 46.8 Å². The molecule has 0 aromatic carbocycles. The number of hydrogen-bond acceptors (Lipinski definition) is 4. The number of fused-ring (bicyclic) bond motifs is 1. The standard InChI is InChI=1S/C11H16O.C9H12O2.C7H12O/c1-11-4-7-2-8(5-11)10(12)9(3-7)6-11;1-4-5-2-6-7(3-5)11-9(10)8(4)6;1-6-2-4-7(8)5-3-6/h7-9H,2-6H2,1H3;4-8H,2-3H2,1H3;6H,2-5H2,1H3/t;4-,5?,6?,7?,8?;/m.0./s1. The summed E-state index contributed by atoms with van der Waals surface area (Å²) in [6, 6.07) is 0. The van der Waals surface area contributed by atoms with Gasteiger partial charge in [-0.3, -0.25) is 14.4 Å². The number of carbonyl (C=O) groups is 3. The van der Waals surface area contributed by atoms with Crippen molar-refractivity contribution in [1.82, 2.24) is 0 Å². The first-order valence-corrected chi connectivity index (χ1v) is 13.0. The summed E-state index contributed by atoms with van der Waals surface area (Å²) in [6.07, 6.45) is 12.9. The third kappa shape index (κ3) is 4.02. The lowest BCUT2D eigenvalue weighted by Crippen LogP contribution is -2.50. The molecule has 172 valence electrons. The zero-order chi connectivity index (χ0) is 21.9. The normalized spacial score (nSPS) is 48.8. The molecular weight excluding hydrogens is 388 g/mol. The lowest BCUT2D eigenvalue weighted by atomic mass is 9.50. The van der Waals surface area contributed by atoms with E-state index in [9.17, 15) is 14.4 Å². The smallest absolute Gasteiger partial charge is 0.309 e. The van der Waals surface area contributed by atoms with Crippen LogP contribution in [0.3, 0.4) is 0 Å². The van der Waals surface area contributed by atoms with Crippen molar-refractivity contribution < 1.29 is 19.1 Å². The van der Waals surface area contributed by atoms with Crippen LogP contribution >= 0.6 is 0 Å². The second-order valence-electron chi connectivity index (χ2n) is 12.5. The van der Waals surface area contributed by atoms with Gasteiger partial charge in [0.25, 0.3) is 0 Å². The predicted octanol–water partition coefficient (Wildman–Crippen LogP) is 5.37. The van der Waals surface area contributed by atoms with Crippen LogP contribution in [-0.2, 0) is 19.1 Å². The Kier molecular flexibility index (Phi) is 5.58. The lowest BCUT2D eigenvalue weighted by Gasteiger charge is -2.54. The van der Waals surface area contributed by atoms with Crippen molar-refractivity contribution in [3.05, 3.63) is 0 Å². The van der Waals surface area contributed by atoms with Crippen LogP contribution in [0, 0.1) is 52.8 Å². The molecule has 7 atom stereocenters. The zero-order valence-corrected chi connectivity index (χ0v) is 19.6. The summed E-state index contributed by atoms with van der Waals surface area (Å²) < 4.78 is 5.27. The maximum Gasteiger partial charge on any atom is 0.309 e.